The second-order valence-electron chi connectivity index (χ2n) is 7.57. The van der Waals surface area contributed by atoms with E-state index in [-0.39, 0.29) is 0 Å². The van der Waals surface area contributed by atoms with Crippen molar-refractivity contribution in [3.63, 3.8) is 0 Å². The number of hydrogen-bond donors (Lipinski definition) is 0. The van der Waals surface area contributed by atoms with Crippen molar-refractivity contribution in [2.24, 2.45) is 0 Å². The van der Waals surface area contributed by atoms with Crippen LogP contribution in [0.15, 0.2) is 60.8 Å². The molecule has 0 unspecified atom stereocenters. The maximum Gasteiger partial charge on any atom is 0.0486 e. The first kappa shape index (κ1) is 17.3. The summed E-state index contributed by atoms with van der Waals surface area (Å²) in [6.45, 7) is 7.01. The van der Waals surface area contributed by atoms with Gasteiger partial charge in [0, 0.05) is 44.4 Å². The quantitative estimate of drug-likeness (QED) is 0.671. The van der Waals surface area contributed by atoms with Crippen LogP contribution in [0.3, 0.4) is 0 Å². The highest BCUT2D eigenvalue weighted by molar-refractivity contribution is 5.81. The molecule has 0 spiro atoms. The lowest BCUT2D eigenvalue weighted by Gasteiger charge is -2.32. The van der Waals surface area contributed by atoms with Gasteiger partial charge in [0.2, 0.25) is 0 Å². The summed E-state index contributed by atoms with van der Waals surface area (Å²) in [6, 6.07) is 19.9. The Hall–Kier alpha value is -2.10. The predicted octanol–water partition coefficient (Wildman–Crippen LogP) is 3.87. The molecule has 4 rings (SSSR count). The zero-order valence-corrected chi connectivity index (χ0v) is 15.8. The van der Waals surface area contributed by atoms with Crippen LogP contribution in [0, 0.1) is 0 Å². The van der Waals surface area contributed by atoms with Crippen molar-refractivity contribution in [1.29, 1.82) is 0 Å². The van der Waals surface area contributed by atoms with E-state index in [0.29, 0.717) is 0 Å². The maximum atomic E-state index is 2.61. The van der Waals surface area contributed by atoms with E-state index in [4.69, 9.17) is 0 Å². The Morgan fingerprint density at radius 3 is 2.46 bits per heavy atom. The molecule has 0 amide bonds. The van der Waals surface area contributed by atoms with Gasteiger partial charge in [-0.3, -0.25) is 0 Å². The van der Waals surface area contributed by atoms with E-state index < -0.39 is 0 Å². The normalized spacial score (nSPS) is 16.3. The minimum Gasteiger partial charge on any atom is -0.343 e. The lowest BCUT2D eigenvalue weighted by molar-refractivity contribution is 0.153. The van der Waals surface area contributed by atoms with Gasteiger partial charge in [0.05, 0.1) is 0 Å². The van der Waals surface area contributed by atoms with Crippen LogP contribution in [0.5, 0.6) is 0 Å². The summed E-state index contributed by atoms with van der Waals surface area (Å²) in [6.07, 6.45) is 4.62. The highest BCUT2D eigenvalue weighted by Crippen LogP contribution is 2.20. The molecule has 3 nitrogen and oxygen atoms in total. The van der Waals surface area contributed by atoms with Crippen molar-refractivity contribution < 1.29 is 0 Å². The third kappa shape index (κ3) is 4.17. The number of nitrogens with zero attached hydrogens (tertiary/aromatic N) is 3. The van der Waals surface area contributed by atoms with Gasteiger partial charge in [0.1, 0.15) is 0 Å². The summed E-state index contributed by atoms with van der Waals surface area (Å²) in [5, 5.41) is 1.34. The topological polar surface area (TPSA) is 11.4 Å². The highest BCUT2D eigenvalue weighted by Gasteiger charge is 2.13. The van der Waals surface area contributed by atoms with Gasteiger partial charge in [-0.15, -0.1) is 0 Å². The van der Waals surface area contributed by atoms with Crippen molar-refractivity contribution >= 4 is 10.9 Å². The second kappa shape index (κ2) is 8.07. The fourth-order valence-electron chi connectivity index (χ4n) is 3.88. The zero-order chi connectivity index (χ0) is 17.8. The number of likely N-dealkylation sites (N-methyl/N-ethyl adjacent to an activating group) is 1. The van der Waals surface area contributed by atoms with Gasteiger partial charge < -0.3 is 14.4 Å². The van der Waals surface area contributed by atoms with Gasteiger partial charge in [-0.1, -0.05) is 42.5 Å². The van der Waals surface area contributed by atoms with Crippen molar-refractivity contribution in [3.05, 3.63) is 71.9 Å². The third-order valence-electron chi connectivity index (χ3n) is 5.57. The van der Waals surface area contributed by atoms with Gasteiger partial charge in [0.15, 0.2) is 0 Å². The first-order valence-electron chi connectivity index (χ1n) is 9.80. The number of benzene rings is 2. The summed E-state index contributed by atoms with van der Waals surface area (Å²) >= 11 is 0. The predicted molar refractivity (Wildman–Crippen MR) is 110 cm³/mol. The van der Waals surface area contributed by atoms with Gasteiger partial charge in [-0.25, -0.2) is 0 Å². The summed E-state index contributed by atoms with van der Waals surface area (Å²) in [7, 11) is 2.22. The molecule has 0 bridgehead atoms. The molecule has 1 fully saturated rings. The van der Waals surface area contributed by atoms with Crippen LogP contribution in [-0.2, 0) is 13.0 Å². The third-order valence-corrected chi connectivity index (χ3v) is 5.57. The lowest BCUT2D eigenvalue weighted by Crippen LogP contribution is -2.44. The van der Waals surface area contributed by atoms with Crippen LogP contribution < -0.4 is 0 Å². The van der Waals surface area contributed by atoms with E-state index in [9.17, 15) is 0 Å². The molecule has 2 heterocycles. The Labute approximate surface area is 156 Å². The van der Waals surface area contributed by atoms with Crippen LogP contribution >= 0.6 is 0 Å². The lowest BCUT2D eigenvalue weighted by atomic mass is 10.1. The average molecular weight is 348 g/mol. The maximum absolute atomic E-state index is 2.61. The van der Waals surface area contributed by atoms with Gasteiger partial charge in [0.25, 0.3) is 0 Å². The molecule has 1 aliphatic rings. The molecule has 26 heavy (non-hydrogen) atoms. The number of piperazine rings is 1. The fourth-order valence-corrected chi connectivity index (χ4v) is 3.88. The molecule has 0 aliphatic carbocycles. The molecular weight excluding hydrogens is 318 g/mol. The molecule has 1 saturated heterocycles. The van der Waals surface area contributed by atoms with Crippen LogP contribution in [0.1, 0.15) is 17.5 Å². The van der Waals surface area contributed by atoms with Crippen molar-refractivity contribution in [2.45, 2.75) is 19.4 Å². The van der Waals surface area contributed by atoms with Crippen molar-refractivity contribution in [2.75, 3.05) is 39.8 Å². The molecule has 2 aromatic carbocycles. The van der Waals surface area contributed by atoms with Gasteiger partial charge in [-0.05, 0) is 55.1 Å². The molecule has 1 aromatic heterocycles. The summed E-state index contributed by atoms with van der Waals surface area (Å²) in [5.74, 6) is 0. The SMILES string of the molecule is CN1CCN(CCCc2ccc3ccn(Cc4ccccc4)c3c2)CC1. The Bertz CT molecular complexity index is 829. The standard InChI is InChI=1S/C23H29N3/c1-24-14-16-25(17-15-24)12-5-8-20-9-10-22-11-13-26(23(22)18-20)19-21-6-3-2-4-7-21/h2-4,6-7,9-11,13,18H,5,8,12,14-17,19H2,1H3. The summed E-state index contributed by atoms with van der Waals surface area (Å²) < 4.78 is 2.37. The molecule has 0 N–H and O–H groups in total. The molecule has 136 valence electrons. The van der Waals surface area contributed by atoms with Crippen LogP contribution in [0.4, 0.5) is 0 Å². The molecule has 1 aliphatic heterocycles. The van der Waals surface area contributed by atoms with Crippen molar-refractivity contribution in [1.82, 2.24) is 14.4 Å². The largest absolute Gasteiger partial charge is 0.343 e. The minimum atomic E-state index is 0.940. The molecule has 3 heteroatoms. The molecule has 0 atom stereocenters. The van der Waals surface area contributed by atoms with E-state index in [2.05, 4.69) is 82.2 Å². The molecular formula is C23H29N3. The minimum absolute atomic E-state index is 0.940. The Kier molecular flexibility index (Phi) is 5.37. The van der Waals surface area contributed by atoms with Gasteiger partial charge in [-0.2, -0.15) is 0 Å². The van der Waals surface area contributed by atoms with Crippen molar-refractivity contribution in [3.8, 4) is 0 Å². The molecule has 3 aromatic rings. The first-order chi connectivity index (χ1) is 12.8. The second-order valence-corrected chi connectivity index (χ2v) is 7.57. The first-order valence-corrected chi connectivity index (χ1v) is 9.80. The van der Waals surface area contributed by atoms with Crippen LogP contribution in [0.25, 0.3) is 10.9 Å². The van der Waals surface area contributed by atoms with E-state index in [0.717, 1.165) is 6.54 Å². The number of aromatic nitrogens is 1. The van der Waals surface area contributed by atoms with Gasteiger partial charge >= 0.3 is 0 Å². The number of hydrogen-bond acceptors (Lipinski definition) is 2. The Morgan fingerprint density at radius 1 is 0.846 bits per heavy atom. The fraction of sp³-hybridized carbons (Fsp3) is 0.391. The van der Waals surface area contributed by atoms with Crippen LogP contribution in [-0.4, -0.2) is 54.1 Å². The van der Waals surface area contributed by atoms with E-state index >= 15 is 0 Å². The monoisotopic (exact) mass is 347 g/mol. The summed E-state index contributed by atoms with van der Waals surface area (Å²) in [5.41, 5.74) is 4.16. The van der Waals surface area contributed by atoms with E-state index in [1.54, 1.807) is 0 Å². The smallest absolute Gasteiger partial charge is 0.0486 e. The summed E-state index contributed by atoms with van der Waals surface area (Å²) in [4.78, 5) is 5.03. The Morgan fingerprint density at radius 2 is 1.65 bits per heavy atom. The average Bonchev–Trinajstić information content (AvgIpc) is 3.06. The van der Waals surface area contributed by atoms with E-state index in [1.165, 1.54) is 67.6 Å². The number of rotatable bonds is 6. The number of aryl methyl sites for hydroxylation is 1. The highest BCUT2D eigenvalue weighted by atomic mass is 15.2. The van der Waals surface area contributed by atoms with E-state index in [1.807, 2.05) is 0 Å². The number of fused-ring (bicyclic) bond motifs is 1. The Balaban J connectivity index is 1.39. The molecule has 0 saturated carbocycles. The molecule has 0 radical (unpaired) electrons. The zero-order valence-electron chi connectivity index (χ0n) is 15.8. The van der Waals surface area contributed by atoms with Crippen LogP contribution in [0.2, 0.25) is 0 Å².